The Morgan fingerprint density at radius 3 is 2.40 bits per heavy atom. The topological polar surface area (TPSA) is 69.7 Å². The fourth-order valence-corrected chi connectivity index (χ4v) is 1.60. The van der Waals surface area contributed by atoms with Gasteiger partial charge in [-0.3, -0.25) is 4.79 Å². The second-order valence-corrected chi connectivity index (χ2v) is 5.22. The van der Waals surface area contributed by atoms with Crippen LogP contribution >= 0.6 is 0 Å². The van der Waals surface area contributed by atoms with Gasteiger partial charge in [-0.2, -0.15) is 21.6 Å². The molecule has 5 nitrogen and oxygen atoms in total. The molecule has 0 saturated heterocycles. The van der Waals surface area contributed by atoms with E-state index >= 15 is 0 Å². The summed E-state index contributed by atoms with van der Waals surface area (Å²) in [6.07, 6.45) is 0.670. The molecule has 0 unspecified atom stereocenters. The van der Waals surface area contributed by atoms with Gasteiger partial charge in [-0.25, -0.2) is 0 Å². The zero-order chi connectivity index (χ0) is 15.4. The maximum atomic E-state index is 12.1. The van der Waals surface area contributed by atoms with E-state index in [1.165, 1.54) is 12.1 Å². The third-order valence-corrected chi connectivity index (χ3v) is 2.96. The van der Waals surface area contributed by atoms with E-state index in [9.17, 15) is 26.4 Å². The first-order valence-electron chi connectivity index (χ1n) is 5.47. The number of benzene rings is 1. The third kappa shape index (κ3) is 4.41. The van der Waals surface area contributed by atoms with Gasteiger partial charge in [0.05, 0.1) is 0 Å². The van der Waals surface area contributed by atoms with Crippen LogP contribution in [0.5, 0.6) is 11.5 Å². The average Bonchev–Trinajstić information content (AvgIpc) is 2.27. The van der Waals surface area contributed by atoms with E-state index in [-0.39, 0.29) is 12.2 Å². The van der Waals surface area contributed by atoms with Gasteiger partial charge in [0.2, 0.25) is 0 Å². The van der Waals surface area contributed by atoms with Gasteiger partial charge in [-0.15, -0.1) is 0 Å². The number of rotatable bonds is 5. The molecule has 0 N–H and O–H groups in total. The summed E-state index contributed by atoms with van der Waals surface area (Å²) in [7, 11) is -5.75. The van der Waals surface area contributed by atoms with Gasteiger partial charge in [0.1, 0.15) is 11.5 Å². The lowest BCUT2D eigenvalue weighted by molar-refractivity contribution is -0.134. The molecule has 0 aliphatic heterocycles. The molecule has 0 atom stereocenters. The second kappa shape index (κ2) is 6.12. The van der Waals surface area contributed by atoms with Crippen LogP contribution in [0.1, 0.15) is 19.8 Å². The molecule has 0 aliphatic carbocycles. The van der Waals surface area contributed by atoms with Crippen LogP contribution < -0.4 is 8.92 Å². The molecule has 9 heteroatoms. The summed E-state index contributed by atoms with van der Waals surface area (Å²) in [6, 6.07) is 4.38. The highest BCUT2D eigenvalue weighted by atomic mass is 32.2. The van der Waals surface area contributed by atoms with Crippen LogP contribution in [0.2, 0.25) is 0 Å². The maximum Gasteiger partial charge on any atom is 0.534 e. The van der Waals surface area contributed by atoms with Crippen LogP contribution in [0.15, 0.2) is 24.3 Å². The molecule has 0 saturated carbocycles. The van der Waals surface area contributed by atoms with Crippen LogP contribution in [0.25, 0.3) is 0 Å². The van der Waals surface area contributed by atoms with Crippen LogP contribution in [-0.2, 0) is 14.9 Å². The van der Waals surface area contributed by atoms with Crippen LogP contribution in [0.4, 0.5) is 13.2 Å². The lowest BCUT2D eigenvalue weighted by Gasteiger charge is -2.10. The first-order valence-corrected chi connectivity index (χ1v) is 6.88. The second-order valence-electron chi connectivity index (χ2n) is 3.68. The van der Waals surface area contributed by atoms with Gasteiger partial charge in [-0.05, 0) is 18.6 Å². The zero-order valence-corrected chi connectivity index (χ0v) is 11.1. The number of alkyl halides is 3. The molecule has 1 aromatic rings. The zero-order valence-electron chi connectivity index (χ0n) is 10.3. The highest BCUT2D eigenvalue weighted by Crippen LogP contribution is 2.28. The Kier molecular flexibility index (Phi) is 4.98. The predicted octanol–water partition coefficient (Wildman–Crippen LogP) is 2.62. The van der Waals surface area contributed by atoms with Crippen molar-refractivity contribution < 1.29 is 35.3 Å². The first kappa shape index (κ1) is 16.3. The quantitative estimate of drug-likeness (QED) is 0.362. The van der Waals surface area contributed by atoms with E-state index < -0.39 is 27.3 Å². The number of carbonyl (C=O) groups is 1. The van der Waals surface area contributed by atoms with E-state index in [2.05, 4.69) is 4.18 Å². The van der Waals surface area contributed by atoms with Gasteiger partial charge in [0, 0.05) is 12.5 Å². The van der Waals surface area contributed by atoms with Gasteiger partial charge >= 0.3 is 21.6 Å². The minimum atomic E-state index is -5.75. The molecule has 0 spiro atoms. The van der Waals surface area contributed by atoms with Gasteiger partial charge in [0.15, 0.2) is 0 Å². The lowest BCUT2D eigenvalue weighted by Crippen LogP contribution is -2.28. The van der Waals surface area contributed by atoms with Gasteiger partial charge in [0.25, 0.3) is 0 Å². The summed E-state index contributed by atoms with van der Waals surface area (Å²) in [5.74, 6) is -1.27. The molecule has 0 heterocycles. The monoisotopic (exact) mass is 312 g/mol. The molecule has 0 amide bonds. The first-order chi connectivity index (χ1) is 9.15. The van der Waals surface area contributed by atoms with Crippen LogP contribution in [0.3, 0.4) is 0 Å². The number of hydrogen-bond donors (Lipinski definition) is 0. The molecule has 20 heavy (non-hydrogen) atoms. The molecule has 1 rings (SSSR count). The van der Waals surface area contributed by atoms with Crippen molar-refractivity contribution >= 4 is 16.1 Å². The Morgan fingerprint density at radius 2 is 1.85 bits per heavy atom. The summed E-state index contributed by atoms with van der Waals surface area (Å²) in [5, 5.41) is 0. The summed E-state index contributed by atoms with van der Waals surface area (Å²) < 4.78 is 66.7. The summed E-state index contributed by atoms with van der Waals surface area (Å²) in [5.41, 5.74) is -5.53. The predicted molar refractivity (Wildman–Crippen MR) is 62.6 cm³/mol. The van der Waals surface area contributed by atoms with Gasteiger partial charge in [-0.1, -0.05) is 13.0 Å². The van der Waals surface area contributed by atoms with Crippen molar-refractivity contribution in [2.45, 2.75) is 25.3 Å². The third-order valence-electron chi connectivity index (χ3n) is 1.98. The molecular weight excluding hydrogens is 301 g/mol. The Morgan fingerprint density at radius 1 is 1.25 bits per heavy atom. The van der Waals surface area contributed by atoms with Crippen molar-refractivity contribution in [3.05, 3.63) is 24.3 Å². The fourth-order valence-electron chi connectivity index (χ4n) is 1.15. The Bertz CT molecular complexity index is 580. The number of ether oxygens (including phenoxy) is 1. The standard InChI is InChI=1S/C11H11F3O5S/c1-2-4-10(15)18-8-5-3-6-9(7-8)19-20(16,17)11(12,13)14/h3,5-7H,2,4H2,1H3. The number of halogens is 3. The van der Waals surface area contributed by atoms with E-state index in [0.29, 0.717) is 6.42 Å². The lowest BCUT2D eigenvalue weighted by atomic mass is 10.3. The molecule has 112 valence electrons. The SMILES string of the molecule is CCCC(=O)Oc1cccc(OS(=O)(=O)C(F)(F)F)c1. The average molecular weight is 312 g/mol. The number of carbonyl (C=O) groups excluding carboxylic acids is 1. The molecule has 1 aromatic carbocycles. The van der Waals surface area contributed by atoms with Crippen LogP contribution in [-0.4, -0.2) is 19.9 Å². The van der Waals surface area contributed by atoms with Crippen molar-refractivity contribution in [2.75, 3.05) is 0 Å². The molecule has 0 fully saturated rings. The number of esters is 1. The van der Waals surface area contributed by atoms with E-state index in [0.717, 1.165) is 12.1 Å². The smallest absolute Gasteiger partial charge is 0.426 e. The molecule has 0 aromatic heterocycles. The normalized spacial score (nSPS) is 12.0. The number of hydrogen-bond acceptors (Lipinski definition) is 5. The van der Waals surface area contributed by atoms with Crippen molar-refractivity contribution in [2.24, 2.45) is 0 Å². The van der Waals surface area contributed by atoms with Crippen molar-refractivity contribution in [1.29, 1.82) is 0 Å². The van der Waals surface area contributed by atoms with Crippen molar-refractivity contribution in [3.8, 4) is 11.5 Å². The Balaban J connectivity index is 2.87. The molecular formula is C11H11F3O5S. The molecule has 0 bridgehead atoms. The molecule has 0 aliphatic rings. The highest BCUT2D eigenvalue weighted by Gasteiger charge is 2.48. The Hall–Kier alpha value is -1.77. The van der Waals surface area contributed by atoms with E-state index in [4.69, 9.17) is 4.74 Å². The minimum absolute atomic E-state index is 0.0988. The summed E-state index contributed by atoms with van der Waals surface area (Å²) in [6.45, 7) is 1.75. The maximum absolute atomic E-state index is 12.1. The van der Waals surface area contributed by atoms with Crippen molar-refractivity contribution in [3.63, 3.8) is 0 Å². The fraction of sp³-hybridized carbons (Fsp3) is 0.364. The summed E-state index contributed by atoms with van der Waals surface area (Å²) >= 11 is 0. The molecule has 0 radical (unpaired) electrons. The minimum Gasteiger partial charge on any atom is -0.426 e. The summed E-state index contributed by atoms with van der Waals surface area (Å²) in [4.78, 5) is 11.2. The van der Waals surface area contributed by atoms with Gasteiger partial charge < -0.3 is 8.92 Å². The van der Waals surface area contributed by atoms with Crippen LogP contribution in [0, 0.1) is 0 Å². The van der Waals surface area contributed by atoms with Crippen molar-refractivity contribution in [1.82, 2.24) is 0 Å². The highest BCUT2D eigenvalue weighted by molar-refractivity contribution is 7.87. The van der Waals surface area contributed by atoms with E-state index in [1.54, 1.807) is 6.92 Å². The Labute approximate surface area is 113 Å². The largest absolute Gasteiger partial charge is 0.534 e. The van der Waals surface area contributed by atoms with E-state index in [1.807, 2.05) is 0 Å².